The summed E-state index contributed by atoms with van der Waals surface area (Å²) in [5.41, 5.74) is 8.34. The van der Waals surface area contributed by atoms with E-state index in [2.05, 4.69) is 37.8 Å². The van der Waals surface area contributed by atoms with Crippen molar-refractivity contribution >= 4 is 11.4 Å². The Labute approximate surface area is 123 Å². The van der Waals surface area contributed by atoms with Gasteiger partial charge in [0.2, 0.25) is 0 Å². The molecular formula is C17H28N2O. The van der Waals surface area contributed by atoms with Gasteiger partial charge in [-0.2, -0.15) is 0 Å². The number of benzene rings is 1. The molecule has 1 aliphatic rings. The molecule has 0 aromatic heterocycles. The Balaban J connectivity index is 2.12. The maximum absolute atomic E-state index is 5.97. The predicted molar refractivity (Wildman–Crippen MR) is 86.4 cm³/mol. The van der Waals surface area contributed by atoms with Crippen LogP contribution in [0.3, 0.4) is 0 Å². The highest BCUT2D eigenvalue weighted by Gasteiger charge is 2.27. The first-order valence-corrected chi connectivity index (χ1v) is 7.59. The van der Waals surface area contributed by atoms with Crippen LogP contribution < -0.4 is 15.4 Å². The zero-order valence-corrected chi connectivity index (χ0v) is 13.3. The van der Waals surface area contributed by atoms with Gasteiger partial charge < -0.3 is 15.4 Å². The van der Waals surface area contributed by atoms with Crippen molar-refractivity contribution in [2.45, 2.75) is 40.0 Å². The fourth-order valence-electron chi connectivity index (χ4n) is 3.13. The summed E-state index contributed by atoms with van der Waals surface area (Å²) in [6.45, 7) is 9.29. The van der Waals surface area contributed by atoms with Crippen molar-refractivity contribution in [3.05, 3.63) is 18.2 Å². The molecule has 3 nitrogen and oxygen atoms in total. The standard InChI is InChI=1S/C17H28N2O/c1-17(2,3)13-6-5-8-19(9-7-13)15-10-14(18)11-16(12-15)20-4/h10-13H,5-9,18H2,1-4H3. The lowest BCUT2D eigenvalue weighted by molar-refractivity contribution is 0.220. The largest absolute Gasteiger partial charge is 0.497 e. The molecule has 1 aliphatic heterocycles. The second kappa shape index (κ2) is 5.94. The number of rotatable bonds is 2. The molecule has 1 heterocycles. The Hall–Kier alpha value is -1.38. The van der Waals surface area contributed by atoms with Crippen molar-refractivity contribution in [3.63, 3.8) is 0 Å². The van der Waals surface area contributed by atoms with Crippen LogP contribution in [0.5, 0.6) is 5.75 Å². The van der Waals surface area contributed by atoms with E-state index in [-0.39, 0.29) is 0 Å². The van der Waals surface area contributed by atoms with E-state index < -0.39 is 0 Å². The Morgan fingerprint density at radius 2 is 1.90 bits per heavy atom. The van der Waals surface area contributed by atoms with Crippen molar-refractivity contribution in [2.24, 2.45) is 11.3 Å². The van der Waals surface area contributed by atoms with Gasteiger partial charge in [0, 0.05) is 36.6 Å². The first kappa shape index (κ1) is 15.0. The van der Waals surface area contributed by atoms with Gasteiger partial charge in [-0.3, -0.25) is 0 Å². The molecule has 3 heteroatoms. The Kier molecular flexibility index (Phi) is 4.46. The van der Waals surface area contributed by atoms with Crippen LogP contribution >= 0.6 is 0 Å². The molecule has 1 atom stereocenters. The van der Waals surface area contributed by atoms with Crippen LogP contribution in [0.2, 0.25) is 0 Å². The third-order valence-corrected chi connectivity index (χ3v) is 4.47. The molecule has 20 heavy (non-hydrogen) atoms. The van der Waals surface area contributed by atoms with Crippen LogP contribution in [0.1, 0.15) is 40.0 Å². The highest BCUT2D eigenvalue weighted by molar-refractivity contribution is 5.60. The topological polar surface area (TPSA) is 38.5 Å². The monoisotopic (exact) mass is 276 g/mol. The third-order valence-electron chi connectivity index (χ3n) is 4.47. The normalized spacial score (nSPS) is 20.6. The summed E-state index contributed by atoms with van der Waals surface area (Å²) in [5.74, 6) is 1.65. The fourth-order valence-corrected chi connectivity index (χ4v) is 3.13. The van der Waals surface area contributed by atoms with E-state index in [0.29, 0.717) is 5.41 Å². The highest BCUT2D eigenvalue weighted by Crippen LogP contribution is 2.36. The minimum Gasteiger partial charge on any atom is -0.497 e. The summed E-state index contributed by atoms with van der Waals surface area (Å²) in [5, 5.41) is 0. The molecule has 1 aromatic rings. The number of anilines is 2. The number of hydrogen-bond acceptors (Lipinski definition) is 3. The zero-order chi connectivity index (χ0) is 14.8. The van der Waals surface area contributed by atoms with E-state index in [1.54, 1.807) is 7.11 Å². The van der Waals surface area contributed by atoms with Gasteiger partial charge in [0.1, 0.15) is 5.75 Å². The minimum absolute atomic E-state index is 0.406. The maximum atomic E-state index is 5.97. The Bertz CT molecular complexity index is 451. The molecule has 0 bridgehead atoms. The summed E-state index contributed by atoms with van der Waals surface area (Å²) in [4.78, 5) is 2.45. The van der Waals surface area contributed by atoms with Gasteiger partial charge in [-0.15, -0.1) is 0 Å². The van der Waals surface area contributed by atoms with Gasteiger partial charge in [0.05, 0.1) is 7.11 Å². The molecule has 2 N–H and O–H groups in total. The van der Waals surface area contributed by atoms with Gasteiger partial charge in [-0.1, -0.05) is 20.8 Å². The molecule has 2 rings (SSSR count). The lowest BCUT2D eigenvalue weighted by atomic mass is 9.77. The van der Waals surface area contributed by atoms with Crippen LogP contribution in [0.15, 0.2) is 18.2 Å². The Morgan fingerprint density at radius 3 is 2.55 bits per heavy atom. The van der Waals surface area contributed by atoms with E-state index in [0.717, 1.165) is 30.4 Å². The van der Waals surface area contributed by atoms with Crippen LogP contribution in [0, 0.1) is 11.3 Å². The van der Waals surface area contributed by atoms with Crippen LogP contribution in [-0.4, -0.2) is 20.2 Å². The predicted octanol–water partition coefficient (Wildman–Crippen LogP) is 3.93. The summed E-state index contributed by atoms with van der Waals surface area (Å²) in [6, 6.07) is 6.02. The molecular weight excluding hydrogens is 248 g/mol. The zero-order valence-electron chi connectivity index (χ0n) is 13.3. The Morgan fingerprint density at radius 1 is 1.15 bits per heavy atom. The lowest BCUT2D eigenvalue weighted by Gasteiger charge is -2.30. The van der Waals surface area contributed by atoms with E-state index in [1.165, 1.54) is 24.9 Å². The first-order chi connectivity index (χ1) is 9.40. The average molecular weight is 276 g/mol. The third kappa shape index (κ3) is 3.59. The second-order valence-electron chi connectivity index (χ2n) is 6.95. The minimum atomic E-state index is 0.406. The smallest absolute Gasteiger partial charge is 0.122 e. The van der Waals surface area contributed by atoms with Gasteiger partial charge in [0.15, 0.2) is 0 Å². The molecule has 1 fully saturated rings. The van der Waals surface area contributed by atoms with Gasteiger partial charge in [-0.25, -0.2) is 0 Å². The molecule has 0 saturated carbocycles. The van der Waals surface area contributed by atoms with Crippen molar-refractivity contribution in [1.82, 2.24) is 0 Å². The molecule has 0 spiro atoms. The first-order valence-electron chi connectivity index (χ1n) is 7.59. The van der Waals surface area contributed by atoms with Gasteiger partial charge in [-0.05, 0) is 36.7 Å². The molecule has 0 amide bonds. The van der Waals surface area contributed by atoms with Crippen molar-refractivity contribution < 1.29 is 4.74 Å². The van der Waals surface area contributed by atoms with Gasteiger partial charge >= 0.3 is 0 Å². The number of nitrogen functional groups attached to an aromatic ring is 1. The maximum Gasteiger partial charge on any atom is 0.122 e. The van der Waals surface area contributed by atoms with Crippen molar-refractivity contribution in [1.29, 1.82) is 0 Å². The SMILES string of the molecule is COc1cc(N)cc(N2CCCC(C(C)(C)C)CC2)c1. The van der Waals surface area contributed by atoms with Gasteiger partial charge in [0.25, 0.3) is 0 Å². The molecule has 0 aliphatic carbocycles. The molecule has 1 saturated heterocycles. The molecule has 112 valence electrons. The van der Waals surface area contributed by atoms with E-state index >= 15 is 0 Å². The lowest BCUT2D eigenvalue weighted by Crippen LogP contribution is -2.26. The number of hydrogen-bond donors (Lipinski definition) is 1. The van der Waals surface area contributed by atoms with Crippen LogP contribution in [0.4, 0.5) is 11.4 Å². The average Bonchev–Trinajstić information content (AvgIpc) is 2.63. The van der Waals surface area contributed by atoms with Crippen molar-refractivity contribution in [3.8, 4) is 5.75 Å². The molecule has 1 aromatic carbocycles. The molecule has 1 unspecified atom stereocenters. The van der Waals surface area contributed by atoms with Crippen LogP contribution in [0.25, 0.3) is 0 Å². The van der Waals surface area contributed by atoms with E-state index in [1.807, 2.05) is 6.07 Å². The summed E-state index contributed by atoms with van der Waals surface area (Å²) >= 11 is 0. The summed E-state index contributed by atoms with van der Waals surface area (Å²) in [7, 11) is 1.69. The van der Waals surface area contributed by atoms with Crippen molar-refractivity contribution in [2.75, 3.05) is 30.8 Å². The quantitative estimate of drug-likeness (QED) is 0.832. The summed E-state index contributed by atoms with van der Waals surface area (Å²) in [6.07, 6.45) is 3.82. The highest BCUT2D eigenvalue weighted by atomic mass is 16.5. The van der Waals surface area contributed by atoms with E-state index in [4.69, 9.17) is 10.5 Å². The fraction of sp³-hybridized carbons (Fsp3) is 0.647. The second-order valence-corrected chi connectivity index (χ2v) is 6.95. The van der Waals surface area contributed by atoms with Crippen LogP contribution in [-0.2, 0) is 0 Å². The summed E-state index contributed by atoms with van der Waals surface area (Å²) < 4.78 is 5.33. The molecule has 0 radical (unpaired) electrons. The number of nitrogens with two attached hydrogens (primary N) is 1. The number of nitrogens with zero attached hydrogens (tertiary/aromatic N) is 1. The number of methoxy groups -OCH3 is 1. The van der Waals surface area contributed by atoms with E-state index in [9.17, 15) is 0 Å². The number of ether oxygens (including phenoxy) is 1.